The van der Waals surface area contributed by atoms with E-state index in [1.54, 1.807) is 0 Å². The average molecular weight is 278 g/mol. The van der Waals surface area contributed by atoms with Gasteiger partial charge < -0.3 is 15.1 Å². The van der Waals surface area contributed by atoms with E-state index in [2.05, 4.69) is 32.2 Å². The summed E-state index contributed by atoms with van der Waals surface area (Å²) in [6, 6.07) is 0. The summed E-state index contributed by atoms with van der Waals surface area (Å²) >= 11 is 0. The van der Waals surface area contributed by atoms with Crippen LogP contribution in [0.15, 0.2) is 0 Å². The maximum absolute atomic E-state index is 4.55. The second-order valence-electron chi connectivity index (χ2n) is 5.71. The molecule has 6 heteroatoms. The van der Waals surface area contributed by atoms with E-state index in [9.17, 15) is 0 Å². The van der Waals surface area contributed by atoms with Crippen molar-refractivity contribution < 1.29 is 0 Å². The van der Waals surface area contributed by atoms with Gasteiger partial charge in [-0.3, -0.25) is 0 Å². The number of hydrogen-bond acceptors (Lipinski definition) is 6. The summed E-state index contributed by atoms with van der Waals surface area (Å²) in [6.45, 7) is 3.88. The Balaban J connectivity index is 2.15. The highest BCUT2D eigenvalue weighted by atomic mass is 15.3. The zero-order chi connectivity index (χ0) is 14.5. The quantitative estimate of drug-likeness (QED) is 0.859. The zero-order valence-corrected chi connectivity index (χ0v) is 13.1. The lowest BCUT2D eigenvalue weighted by Gasteiger charge is -2.22. The molecular formula is C14H26N6. The fourth-order valence-electron chi connectivity index (χ4n) is 2.62. The maximum Gasteiger partial charge on any atom is 0.231 e. The molecule has 1 fully saturated rings. The van der Waals surface area contributed by atoms with Gasteiger partial charge >= 0.3 is 0 Å². The minimum Gasteiger partial charge on any atom is -0.354 e. The van der Waals surface area contributed by atoms with Crippen LogP contribution in [0.25, 0.3) is 0 Å². The molecule has 0 bridgehead atoms. The monoisotopic (exact) mass is 278 g/mol. The van der Waals surface area contributed by atoms with Crippen molar-refractivity contribution in [1.82, 2.24) is 15.0 Å². The van der Waals surface area contributed by atoms with Crippen LogP contribution in [0.2, 0.25) is 0 Å². The lowest BCUT2D eigenvalue weighted by Crippen LogP contribution is -2.27. The molecule has 0 aliphatic heterocycles. The van der Waals surface area contributed by atoms with Gasteiger partial charge in [-0.15, -0.1) is 0 Å². The Bertz CT molecular complexity index is 428. The first kappa shape index (κ1) is 14.8. The smallest absolute Gasteiger partial charge is 0.231 e. The molecule has 0 amide bonds. The van der Waals surface area contributed by atoms with E-state index in [1.807, 2.05) is 25.9 Å². The topological polar surface area (TPSA) is 57.2 Å². The molecule has 112 valence electrons. The molecule has 0 spiro atoms. The summed E-state index contributed by atoms with van der Waals surface area (Å²) in [5, 5.41) is 3.18. The standard InChI is InChI=1S/C14H26N6/c1-5-15-12-16-13(19(2)3)18-14(17-12)20(4)10-11-8-6-7-9-11/h11H,5-10H2,1-4H3,(H,15,16,17,18). The summed E-state index contributed by atoms with van der Waals surface area (Å²) in [4.78, 5) is 17.5. The molecule has 0 atom stereocenters. The number of nitrogens with zero attached hydrogens (tertiary/aromatic N) is 5. The molecule has 1 aromatic heterocycles. The summed E-state index contributed by atoms with van der Waals surface area (Å²) < 4.78 is 0. The first-order chi connectivity index (χ1) is 9.60. The van der Waals surface area contributed by atoms with Crippen LogP contribution in [0, 0.1) is 5.92 Å². The van der Waals surface area contributed by atoms with Crippen molar-refractivity contribution in [3.05, 3.63) is 0 Å². The lowest BCUT2D eigenvalue weighted by atomic mass is 10.1. The molecule has 1 aliphatic rings. The maximum atomic E-state index is 4.55. The Morgan fingerprint density at radius 1 is 1.05 bits per heavy atom. The summed E-state index contributed by atoms with van der Waals surface area (Å²) in [6.07, 6.45) is 5.38. The van der Waals surface area contributed by atoms with Crippen LogP contribution in [-0.4, -0.2) is 49.2 Å². The first-order valence-electron chi connectivity index (χ1n) is 7.48. The van der Waals surface area contributed by atoms with Crippen molar-refractivity contribution in [2.45, 2.75) is 32.6 Å². The number of hydrogen-bond donors (Lipinski definition) is 1. The Labute approximate surface area is 121 Å². The number of nitrogens with one attached hydrogen (secondary N) is 1. The number of aromatic nitrogens is 3. The second-order valence-corrected chi connectivity index (χ2v) is 5.71. The molecule has 0 aromatic carbocycles. The fourth-order valence-corrected chi connectivity index (χ4v) is 2.62. The SMILES string of the molecule is CCNc1nc(N(C)C)nc(N(C)CC2CCCC2)n1. The van der Waals surface area contributed by atoms with Crippen LogP contribution in [-0.2, 0) is 0 Å². The van der Waals surface area contributed by atoms with Crippen molar-refractivity contribution in [1.29, 1.82) is 0 Å². The predicted octanol–water partition coefficient (Wildman–Crippen LogP) is 2.00. The molecule has 6 nitrogen and oxygen atoms in total. The second kappa shape index (κ2) is 6.72. The van der Waals surface area contributed by atoms with Crippen molar-refractivity contribution in [3.8, 4) is 0 Å². The third-order valence-corrected chi connectivity index (χ3v) is 3.69. The normalized spacial score (nSPS) is 15.4. The highest BCUT2D eigenvalue weighted by Crippen LogP contribution is 2.26. The van der Waals surface area contributed by atoms with E-state index in [4.69, 9.17) is 0 Å². The third-order valence-electron chi connectivity index (χ3n) is 3.69. The van der Waals surface area contributed by atoms with Gasteiger partial charge in [0.2, 0.25) is 17.8 Å². The average Bonchev–Trinajstić information content (AvgIpc) is 2.91. The van der Waals surface area contributed by atoms with Gasteiger partial charge in [-0.2, -0.15) is 15.0 Å². The van der Waals surface area contributed by atoms with E-state index >= 15 is 0 Å². The van der Waals surface area contributed by atoms with Gasteiger partial charge in [-0.1, -0.05) is 12.8 Å². The summed E-state index contributed by atoms with van der Waals surface area (Å²) in [5.74, 6) is 2.89. The van der Waals surface area contributed by atoms with Crippen molar-refractivity contribution >= 4 is 17.8 Å². The van der Waals surface area contributed by atoms with Crippen molar-refractivity contribution in [2.24, 2.45) is 5.92 Å². The third kappa shape index (κ3) is 3.71. The summed E-state index contributed by atoms with van der Waals surface area (Å²) in [7, 11) is 5.97. The number of rotatable bonds is 6. The predicted molar refractivity (Wildman–Crippen MR) is 83.5 cm³/mol. The molecule has 0 saturated heterocycles. The Kier molecular flexibility index (Phi) is 4.98. The largest absolute Gasteiger partial charge is 0.354 e. The number of anilines is 3. The van der Waals surface area contributed by atoms with Crippen molar-refractivity contribution in [2.75, 3.05) is 49.3 Å². The molecule has 1 heterocycles. The molecule has 1 aromatic rings. The van der Waals surface area contributed by atoms with E-state index in [0.717, 1.165) is 25.0 Å². The van der Waals surface area contributed by atoms with Gasteiger partial charge in [0.15, 0.2) is 0 Å². The van der Waals surface area contributed by atoms with Gasteiger partial charge in [-0.05, 0) is 25.7 Å². The highest BCUT2D eigenvalue weighted by Gasteiger charge is 2.19. The van der Waals surface area contributed by atoms with E-state index < -0.39 is 0 Å². The Morgan fingerprint density at radius 3 is 2.30 bits per heavy atom. The minimum absolute atomic E-state index is 0.652. The van der Waals surface area contributed by atoms with Gasteiger partial charge in [-0.25, -0.2) is 0 Å². The van der Waals surface area contributed by atoms with Crippen LogP contribution < -0.4 is 15.1 Å². The van der Waals surface area contributed by atoms with Gasteiger partial charge in [0.25, 0.3) is 0 Å². The Hall–Kier alpha value is -1.59. The van der Waals surface area contributed by atoms with Crippen molar-refractivity contribution in [3.63, 3.8) is 0 Å². The molecule has 20 heavy (non-hydrogen) atoms. The van der Waals surface area contributed by atoms with E-state index in [0.29, 0.717) is 11.9 Å². The van der Waals surface area contributed by atoms with Gasteiger partial charge in [0, 0.05) is 34.2 Å². The molecule has 0 unspecified atom stereocenters. The van der Waals surface area contributed by atoms with Crippen LogP contribution in [0.1, 0.15) is 32.6 Å². The molecular weight excluding hydrogens is 252 g/mol. The molecule has 1 saturated carbocycles. The molecule has 1 aliphatic carbocycles. The summed E-state index contributed by atoms with van der Waals surface area (Å²) in [5.41, 5.74) is 0. The molecule has 0 radical (unpaired) electrons. The minimum atomic E-state index is 0.652. The van der Waals surface area contributed by atoms with E-state index in [-0.39, 0.29) is 0 Å². The van der Waals surface area contributed by atoms with Crippen LogP contribution in [0.5, 0.6) is 0 Å². The lowest BCUT2D eigenvalue weighted by molar-refractivity contribution is 0.542. The van der Waals surface area contributed by atoms with Gasteiger partial charge in [0.05, 0.1) is 0 Å². The molecule has 2 rings (SSSR count). The fraction of sp³-hybridized carbons (Fsp3) is 0.786. The van der Waals surface area contributed by atoms with Crippen LogP contribution in [0.4, 0.5) is 17.8 Å². The van der Waals surface area contributed by atoms with Crippen LogP contribution in [0.3, 0.4) is 0 Å². The zero-order valence-electron chi connectivity index (χ0n) is 13.1. The van der Waals surface area contributed by atoms with Gasteiger partial charge in [0.1, 0.15) is 0 Å². The Morgan fingerprint density at radius 2 is 1.70 bits per heavy atom. The molecule has 1 N–H and O–H groups in total. The first-order valence-corrected chi connectivity index (χ1v) is 7.48. The van der Waals surface area contributed by atoms with E-state index in [1.165, 1.54) is 25.7 Å². The van der Waals surface area contributed by atoms with Crippen LogP contribution >= 0.6 is 0 Å². The highest BCUT2D eigenvalue weighted by molar-refractivity contribution is 5.44.